The van der Waals surface area contributed by atoms with Crippen LogP contribution in [0.25, 0.3) is 0 Å². The largest absolute Gasteiger partial charge is 0.396 e. The fourth-order valence-electron chi connectivity index (χ4n) is 0.784. The van der Waals surface area contributed by atoms with Gasteiger partial charge in [0.2, 0.25) is 11.8 Å². The van der Waals surface area contributed by atoms with E-state index in [2.05, 4.69) is 23.3 Å². The molecule has 82 valence electrons. The van der Waals surface area contributed by atoms with Gasteiger partial charge in [-0.2, -0.15) is 12.6 Å². The minimum absolute atomic E-state index is 0.0728. The van der Waals surface area contributed by atoms with Crippen molar-refractivity contribution < 1.29 is 14.7 Å². The Kier molecular flexibility index (Phi) is 8.36. The minimum atomic E-state index is -0.212. The third-order valence-corrected chi connectivity index (χ3v) is 1.67. The van der Waals surface area contributed by atoms with Gasteiger partial charge >= 0.3 is 0 Å². The van der Waals surface area contributed by atoms with E-state index in [0.717, 1.165) is 0 Å². The van der Waals surface area contributed by atoms with Crippen LogP contribution in [-0.2, 0) is 9.59 Å². The van der Waals surface area contributed by atoms with Gasteiger partial charge in [0.25, 0.3) is 0 Å². The van der Waals surface area contributed by atoms with Crippen LogP contribution in [-0.4, -0.2) is 42.4 Å². The zero-order valence-electron chi connectivity index (χ0n) is 7.95. The van der Waals surface area contributed by atoms with E-state index in [1.807, 2.05) is 0 Å². The summed E-state index contributed by atoms with van der Waals surface area (Å²) >= 11 is 3.91. The second-order valence-electron chi connectivity index (χ2n) is 2.65. The number of hydrogen-bond acceptors (Lipinski definition) is 4. The summed E-state index contributed by atoms with van der Waals surface area (Å²) in [5.41, 5.74) is 0. The highest BCUT2D eigenvalue weighted by atomic mass is 32.1. The highest BCUT2D eigenvalue weighted by molar-refractivity contribution is 7.80. The Balaban J connectivity index is 3.28. The first-order chi connectivity index (χ1) is 6.70. The molecule has 0 heterocycles. The molecular formula is C8H16N2O3S. The molecule has 0 rings (SSSR count). The van der Waals surface area contributed by atoms with Crippen LogP contribution in [0.15, 0.2) is 0 Å². The Bertz CT molecular complexity index is 167. The summed E-state index contributed by atoms with van der Waals surface area (Å²) < 4.78 is 0. The van der Waals surface area contributed by atoms with Gasteiger partial charge in [-0.25, -0.2) is 0 Å². The van der Waals surface area contributed by atoms with E-state index in [1.54, 1.807) is 0 Å². The van der Waals surface area contributed by atoms with Crippen LogP contribution in [0.2, 0.25) is 0 Å². The SMILES string of the molecule is O=C(CCO)NCCNC(=O)CCS. The van der Waals surface area contributed by atoms with Crippen molar-refractivity contribution in [1.29, 1.82) is 0 Å². The lowest BCUT2D eigenvalue weighted by Crippen LogP contribution is -2.34. The van der Waals surface area contributed by atoms with Crippen LogP contribution in [0.4, 0.5) is 0 Å². The molecular weight excluding hydrogens is 204 g/mol. The maximum absolute atomic E-state index is 10.9. The fourth-order valence-corrected chi connectivity index (χ4v) is 0.987. The Morgan fingerprint density at radius 2 is 1.57 bits per heavy atom. The highest BCUT2D eigenvalue weighted by Gasteiger charge is 2.00. The molecule has 0 spiro atoms. The van der Waals surface area contributed by atoms with Crippen molar-refractivity contribution in [3.63, 3.8) is 0 Å². The van der Waals surface area contributed by atoms with Gasteiger partial charge in [-0.05, 0) is 5.75 Å². The molecule has 3 N–H and O–H groups in total. The maximum atomic E-state index is 10.9. The van der Waals surface area contributed by atoms with E-state index >= 15 is 0 Å². The number of carbonyl (C=O) groups is 2. The number of carbonyl (C=O) groups excluding carboxylic acids is 2. The first-order valence-electron chi connectivity index (χ1n) is 4.45. The molecule has 5 nitrogen and oxygen atoms in total. The molecule has 0 fully saturated rings. The van der Waals surface area contributed by atoms with Crippen LogP contribution in [0.5, 0.6) is 0 Å². The van der Waals surface area contributed by atoms with Crippen molar-refractivity contribution in [2.45, 2.75) is 12.8 Å². The molecule has 0 atom stereocenters. The molecule has 0 aliphatic carbocycles. The molecule has 0 aliphatic heterocycles. The summed E-state index contributed by atoms with van der Waals surface area (Å²) in [5.74, 6) is 0.232. The van der Waals surface area contributed by atoms with Crippen molar-refractivity contribution >= 4 is 24.4 Å². The number of nitrogens with one attached hydrogen (secondary N) is 2. The summed E-state index contributed by atoms with van der Waals surface area (Å²) in [6.45, 7) is 0.638. The molecule has 0 aromatic carbocycles. The van der Waals surface area contributed by atoms with Gasteiger partial charge in [-0.15, -0.1) is 0 Å². The van der Waals surface area contributed by atoms with Crippen LogP contribution >= 0.6 is 12.6 Å². The summed E-state index contributed by atoms with van der Waals surface area (Å²) in [5, 5.41) is 13.6. The van der Waals surface area contributed by atoms with Crippen molar-refractivity contribution in [3.05, 3.63) is 0 Å². The second-order valence-corrected chi connectivity index (χ2v) is 3.09. The predicted molar refractivity (Wildman–Crippen MR) is 56.2 cm³/mol. The Hall–Kier alpha value is -0.750. The smallest absolute Gasteiger partial charge is 0.222 e. The number of amides is 2. The molecule has 0 aromatic heterocycles. The summed E-state index contributed by atoms with van der Waals surface area (Å²) in [7, 11) is 0. The number of rotatable bonds is 7. The summed E-state index contributed by atoms with van der Waals surface area (Å²) in [6.07, 6.45) is 0.484. The van der Waals surface area contributed by atoms with Gasteiger partial charge in [0.05, 0.1) is 6.61 Å². The standard InChI is InChI=1S/C8H16N2O3S/c11-5-1-7(12)9-3-4-10-8(13)2-6-14/h11,14H,1-6H2,(H,9,12)(H,10,13). The van der Waals surface area contributed by atoms with E-state index in [-0.39, 0.29) is 24.8 Å². The van der Waals surface area contributed by atoms with E-state index in [9.17, 15) is 9.59 Å². The Labute approximate surface area is 88.7 Å². The lowest BCUT2D eigenvalue weighted by Gasteiger charge is -2.05. The van der Waals surface area contributed by atoms with Gasteiger partial charge < -0.3 is 15.7 Å². The van der Waals surface area contributed by atoms with Crippen LogP contribution < -0.4 is 10.6 Å². The molecule has 0 unspecified atom stereocenters. The molecule has 0 aromatic rings. The third kappa shape index (κ3) is 7.88. The van der Waals surface area contributed by atoms with Crippen molar-refractivity contribution in [1.82, 2.24) is 10.6 Å². The quantitative estimate of drug-likeness (QED) is 0.325. The highest BCUT2D eigenvalue weighted by Crippen LogP contribution is 1.82. The van der Waals surface area contributed by atoms with Gasteiger partial charge in [0.1, 0.15) is 0 Å². The van der Waals surface area contributed by atoms with Crippen molar-refractivity contribution in [3.8, 4) is 0 Å². The third-order valence-electron chi connectivity index (χ3n) is 1.45. The van der Waals surface area contributed by atoms with Crippen molar-refractivity contribution in [2.75, 3.05) is 25.4 Å². The normalized spacial score (nSPS) is 9.57. The van der Waals surface area contributed by atoms with Gasteiger partial charge in [-0.1, -0.05) is 0 Å². The Morgan fingerprint density at radius 3 is 2.00 bits per heavy atom. The average Bonchev–Trinajstić information content (AvgIpc) is 2.13. The monoisotopic (exact) mass is 220 g/mol. The topological polar surface area (TPSA) is 78.4 Å². The summed E-state index contributed by atoms with van der Waals surface area (Å²) in [6, 6.07) is 0. The minimum Gasteiger partial charge on any atom is -0.396 e. The lowest BCUT2D eigenvalue weighted by molar-refractivity contribution is -0.123. The molecule has 0 bridgehead atoms. The number of hydrogen-bond donors (Lipinski definition) is 4. The predicted octanol–water partition coefficient (Wildman–Crippen LogP) is -1.08. The molecule has 0 saturated heterocycles. The van der Waals surface area contributed by atoms with Gasteiger partial charge in [0, 0.05) is 25.9 Å². The first kappa shape index (κ1) is 13.2. The van der Waals surface area contributed by atoms with E-state index in [1.165, 1.54) is 0 Å². The molecule has 14 heavy (non-hydrogen) atoms. The molecule has 2 amide bonds. The number of thiol groups is 1. The molecule has 6 heteroatoms. The number of aliphatic hydroxyl groups is 1. The van der Waals surface area contributed by atoms with E-state index < -0.39 is 0 Å². The maximum Gasteiger partial charge on any atom is 0.222 e. The van der Waals surface area contributed by atoms with Gasteiger partial charge in [0.15, 0.2) is 0 Å². The van der Waals surface area contributed by atoms with Crippen LogP contribution in [0, 0.1) is 0 Å². The number of aliphatic hydroxyl groups excluding tert-OH is 1. The van der Waals surface area contributed by atoms with Crippen molar-refractivity contribution in [2.24, 2.45) is 0 Å². The van der Waals surface area contributed by atoms with Crippen LogP contribution in [0.1, 0.15) is 12.8 Å². The average molecular weight is 220 g/mol. The zero-order valence-corrected chi connectivity index (χ0v) is 8.85. The summed E-state index contributed by atoms with van der Waals surface area (Å²) in [4.78, 5) is 21.7. The van der Waals surface area contributed by atoms with Gasteiger partial charge in [-0.3, -0.25) is 9.59 Å². The van der Waals surface area contributed by atoms with E-state index in [0.29, 0.717) is 25.3 Å². The Morgan fingerprint density at radius 1 is 1.07 bits per heavy atom. The van der Waals surface area contributed by atoms with E-state index in [4.69, 9.17) is 5.11 Å². The molecule has 0 saturated carbocycles. The molecule has 0 aliphatic rings. The first-order valence-corrected chi connectivity index (χ1v) is 5.09. The molecule has 0 radical (unpaired) electrons. The fraction of sp³-hybridized carbons (Fsp3) is 0.750. The lowest BCUT2D eigenvalue weighted by atomic mass is 10.4. The van der Waals surface area contributed by atoms with Crippen LogP contribution in [0.3, 0.4) is 0 Å². The zero-order chi connectivity index (χ0) is 10.8. The second kappa shape index (κ2) is 8.83.